The number of carbonyl (C=O) groups is 1. The third-order valence-electron chi connectivity index (χ3n) is 5.16. The van der Waals surface area contributed by atoms with Gasteiger partial charge in [-0.25, -0.2) is 0 Å². The van der Waals surface area contributed by atoms with Gasteiger partial charge in [0.1, 0.15) is 9.09 Å². The average molecular weight is 444 g/mol. The first-order valence-electron chi connectivity index (χ1n) is 8.48. The summed E-state index contributed by atoms with van der Waals surface area (Å²) in [4.78, 5) is 28.3. The molecule has 2 saturated carbocycles. The van der Waals surface area contributed by atoms with E-state index in [2.05, 4.69) is 10.3 Å². The summed E-state index contributed by atoms with van der Waals surface area (Å²) in [5.74, 6) is 0.997. The maximum atomic E-state index is 12.7. The van der Waals surface area contributed by atoms with Gasteiger partial charge in [0.15, 0.2) is 0 Å². The molecule has 3 unspecified atom stereocenters. The molecule has 2 bridgehead atoms. The van der Waals surface area contributed by atoms with Gasteiger partial charge >= 0.3 is 0 Å². The smallest absolute Gasteiger partial charge is 0.294 e. The van der Waals surface area contributed by atoms with E-state index in [9.17, 15) is 14.9 Å². The van der Waals surface area contributed by atoms with E-state index < -0.39 is 4.92 Å². The Labute approximate surface area is 173 Å². The molecule has 2 aliphatic rings. The lowest BCUT2D eigenvalue weighted by Gasteiger charge is -2.22. The van der Waals surface area contributed by atoms with Crippen LogP contribution in [0.25, 0.3) is 0 Å². The minimum Gasteiger partial charge on any atom is -0.348 e. The predicted molar refractivity (Wildman–Crippen MR) is 106 cm³/mol. The number of nitro groups is 1. The molecule has 0 radical (unpaired) electrons. The number of pyridine rings is 1. The Balaban J connectivity index is 1.57. The molecule has 1 N–H and O–H groups in total. The zero-order valence-corrected chi connectivity index (χ0v) is 17.1. The van der Waals surface area contributed by atoms with Crippen molar-refractivity contribution in [3.8, 4) is 0 Å². The van der Waals surface area contributed by atoms with Crippen LogP contribution in [0.15, 0.2) is 27.6 Å². The third kappa shape index (κ3) is 3.81. The Bertz CT molecular complexity index is 901. The number of nitrogens with one attached hydrogen (secondary N) is 1. The van der Waals surface area contributed by atoms with Gasteiger partial charge in [-0.15, -0.1) is 11.3 Å². The minimum absolute atomic E-state index is 0.118. The van der Waals surface area contributed by atoms with Crippen molar-refractivity contribution in [3.05, 3.63) is 43.5 Å². The van der Waals surface area contributed by atoms with Gasteiger partial charge in [0, 0.05) is 24.5 Å². The number of halogens is 2. The average Bonchev–Trinajstić information content (AvgIpc) is 3.33. The van der Waals surface area contributed by atoms with E-state index in [1.165, 1.54) is 31.3 Å². The van der Waals surface area contributed by atoms with Crippen LogP contribution >= 0.6 is 46.3 Å². The molecule has 4 rings (SSSR count). The number of rotatable bonds is 5. The van der Waals surface area contributed by atoms with E-state index >= 15 is 0 Å². The van der Waals surface area contributed by atoms with E-state index in [0.29, 0.717) is 35.9 Å². The Morgan fingerprint density at radius 2 is 2.04 bits per heavy atom. The molecule has 0 saturated heterocycles. The van der Waals surface area contributed by atoms with Gasteiger partial charge in [0.2, 0.25) is 0 Å². The molecule has 6 nitrogen and oxygen atoms in total. The first kappa shape index (κ1) is 19.0. The summed E-state index contributed by atoms with van der Waals surface area (Å²) in [6, 6.07) is 1.51. The normalized spacial score (nSPS) is 23.6. The predicted octanol–water partition coefficient (Wildman–Crippen LogP) is 5.43. The number of amides is 1. The highest BCUT2D eigenvalue weighted by atomic mass is 35.5. The van der Waals surface area contributed by atoms with Crippen molar-refractivity contribution < 1.29 is 9.72 Å². The molecule has 0 aromatic carbocycles. The first-order valence-corrected chi connectivity index (χ1v) is 10.9. The Hall–Kier alpha value is -1.35. The quantitative estimate of drug-likeness (QED) is 0.491. The maximum absolute atomic E-state index is 12.7. The number of carbonyl (C=O) groups excluding carboxylic acids is 1. The summed E-state index contributed by atoms with van der Waals surface area (Å²) in [6.45, 7) is 0. The highest BCUT2D eigenvalue weighted by Crippen LogP contribution is 2.47. The highest BCUT2D eigenvalue weighted by Gasteiger charge is 2.40. The topological polar surface area (TPSA) is 85.1 Å². The lowest BCUT2D eigenvalue weighted by Crippen LogP contribution is -2.38. The molecule has 2 aliphatic carbocycles. The van der Waals surface area contributed by atoms with Crippen LogP contribution in [0, 0.1) is 22.0 Å². The second-order valence-electron chi connectivity index (χ2n) is 6.83. The fourth-order valence-corrected chi connectivity index (χ4v) is 6.69. The van der Waals surface area contributed by atoms with Gasteiger partial charge < -0.3 is 5.32 Å². The number of hydrogen-bond donors (Lipinski definition) is 1. The minimum atomic E-state index is -0.490. The van der Waals surface area contributed by atoms with Crippen LogP contribution in [0.4, 0.5) is 5.69 Å². The van der Waals surface area contributed by atoms with Gasteiger partial charge in [0.25, 0.3) is 11.6 Å². The zero-order valence-electron chi connectivity index (χ0n) is 14.0. The Morgan fingerprint density at radius 1 is 1.30 bits per heavy atom. The number of thiophene rings is 1. The largest absolute Gasteiger partial charge is 0.348 e. The van der Waals surface area contributed by atoms with Crippen LogP contribution in [-0.4, -0.2) is 21.9 Å². The summed E-state index contributed by atoms with van der Waals surface area (Å²) in [5, 5.41) is 15.1. The van der Waals surface area contributed by atoms with Crippen LogP contribution in [0.3, 0.4) is 0 Å². The van der Waals surface area contributed by atoms with E-state index in [4.69, 9.17) is 23.2 Å². The molecular formula is C17H15Cl2N3O3S2. The van der Waals surface area contributed by atoms with Crippen molar-refractivity contribution in [1.29, 1.82) is 0 Å². The molecule has 2 aromatic rings. The van der Waals surface area contributed by atoms with Crippen LogP contribution in [-0.2, 0) is 0 Å². The number of fused-ring (bicyclic) bond motifs is 2. The molecule has 0 aliphatic heterocycles. The van der Waals surface area contributed by atoms with Crippen molar-refractivity contribution in [1.82, 2.24) is 10.3 Å². The van der Waals surface area contributed by atoms with E-state index in [1.807, 2.05) is 0 Å². The maximum Gasteiger partial charge on any atom is 0.294 e. The van der Waals surface area contributed by atoms with Crippen molar-refractivity contribution in [2.24, 2.45) is 11.8 Å². The highest BCUT2D eigenvalue weighted by molar-refractivity contribution is 8.01. The summed E-state index contributed by atoms with van der Waals surface area (Å²) >= 11 is 14.4. The summed E-state index contributed by atoms with van der Waals surface area (Å²) in [6.07, 6.45) is 7.44. The molecule has 27 heavy (non-hydrogen) atoms. The van der Waals surface area contributed by atoms with Crippen molar-refractivity contribution in [2.45, 2.75) is 40.8 Å². The van der Waals surface area contributed by atoms with Crippen molar-refractivity contribution >= 4 is 57.9 Å². The molecular weight excluding hydrogens is 429 g/mol. The summed E-state index contributed by atoms with van der Waals surface area (Å²) < 4.78 is 0.369. The number of aromatic nitrogens is 1. The van der Waals surface area contributed by atoms with Crippen LogP contribution in [0.1, 0.15) is 35.4 Å². The molecule has 0 spiro atoms. The Kier molecular flexibility index (Phi) is 5.33. The SMILES string of the molecule is O=C(NC1CC2CCC1C2)c1cc([N+](=O)[O-])c(Sc2c(Cl)cncc2Cl)s1. The second kappa shape index (κ2) is 7.58. The van der Waals surface area contributed by atoms with Gasteiger partial charge in [-0.05, 0) is 31.1 Å². The van der Waals surface area contributed by atoms with Crippen molar-refractivity contribution in [3.63, 3.8) is 0 Å². The monoisotopic (exact) mass is 443 g/mol. The molecule has 2 fully saturated rings. The molecule has 142 valence electrons. The fourth-order valence-electron chi connectivity index (χ4n) is 3.93. The Morgan fingerprint density at radius 3 is 2.63 bits per heavy atom. The number of hydrogen-bond acceptors (Lipinski definition) is 6. The van der Waals surface area contributed by atoms with E-state index in [0.717, 1.165) is 35.9 Å². The van der Waals surface area contributed by atoms with Crippen LogP contribution < -0.4 is 5.32 Å². The molecule has 1 amide bonds. The fraction of sp³-hybridized carbons (Fsp3) is 0.412. The van der Waals surface area contributed by atoms with Gasteiger partial charge in [-0.1, -0.05) is 41.4 Å². The standard InChI is InChI=1S/C17H15Cl2N3O3S2/c18-10-6-20-7-11(19)15(10)27-17-13(22(24)25)5-14(26-17)16(23)21-12-4-8-1-2-9(12)3-8/h5-9,12H,1-4H2,(H,21,23). The molecule has 2 heterocycles. The van der Waals surface area contributed by atoms with Crippen LogP contribution in [0.2, 0.25) is 10.0 Å². The lowest BCUT2D eigenvalue weighted by atomic mass is 9.95. The first-order chi connectivity index (χ1) is 12.9. The van der Waals surface area contributed by atoms with E-state index in [1.54, 1.807) is 0 Å². The van der Waals surface area contributed by atoms with E-state index in [-0.39, 0.29) is 17.6 Å². The molecule has 10 heteroatoms. The lowest BCUT2D eigenvalue weighted by molar-refractivity contribution is -0.387. The number of nitrogens with zero attached hydrogens (tertiary/aromatic N) is 2. The second-order valence-corrected chi connectivity index (χ2v) is 9.98. The van der Waals surface area contributed by atoms with Gasteiger partial charge in [-0.3, -0.25) is 19.9 Å². The molecule has 2 aromatic heterocycles. The molecule has 3 atom stereocenters. The van der Waals surface area contributed by atoms with Gasteiger partial charge in [-0.2, -0.15) is 0 Å². The van der Waals surface area contributed by atoms with Gasteiger partial charge in [0.05, 0.1) is 19.9 Å². The summed E-state index contributed by atoms with van der Waals surface area (Å²) in [7, 11) is 0. The zero-order chi connectivity index (χ0) is 19.1. The summed E-state index contributed by atoms with van der Waals surface area (Å²) in [5.41, 5.74) is -0.118. The third-order valence-corrected chi connectivity index (χ3v) is 8.41. The van der Waals surface area contributed by atoms with Crippen molar-refractivity contribution in [2.75, 3.05) is 0 Å². The van der Waals surface area contributed by atoms with Crippen LogP contribution in [0.5, 0.6) is 0 Å².